The molecule has 0 amide bonds. The fraction of sp³-hybridized carbons (Fsp3) is 0.455. The van der Waals surface area contributed by atoms with Crippen molar-refractivity contribution in [2.24, 2.45) is 0 Å². The van der Waals surface area contributed by atoms with Gasteiger partial charge in [-0.1, -0.05) is 22.0 Å². The Hall–Kier alpha value is -0.580. The molecule has 3 N–H and O–H groups in total. The van der Waals surface area contributed by atoms with Crippen LogP contribution in [-0.4, -0.2) is 29.7 Å². The highest BCUT2D eigenvalue weighted by Gasteiger charge is 2.09. The van der Waals surface area contributed by atoms with Crippen molar-refractivity contribution in [2.45, 2.75) is 19.5 Å². The summed E-state index contributed by atoms with van der Waals surface area (Å²) in [7, 11) is 1.97. The van der Waals surface area contributed by atoms with Gasteiger partial charge < -0.3 is 10.8 Å². The lowest BCUT2D eigenvalue weighted by molar-refractivity contribution is 0.154. The summed E-state index contributed by atoms with van der Waals surface area (Å²) in [4.78, 5) is 2.07. The van der Waals surface area contributed by atoms with Crippen LogP contribution in [0.3, 0.4) is 0 Å². The molecule has 1 atom stereocenters. The van der Waals surface area contributed by atoms with Crippen molar-refractivity contribution < 1.29 is 5.11 Å². The molecule has 84 valence electrons. The molecule has 0 aliphatic heterocycles. The summed E-state index contributed by atoms with van der Waals surface area (Å²) in [6.45, 7) is 2.89. The first kappa shape index (κ1) is 12.5. The van der Waals surface area contributed by atoms with E-state index in [1.54, 1.807) is 0 Å². The van der Waals surface area contributed by atoms with E-state index in [0.717, 1.165) is 22.3 Å². The number of hydrogen-bond donors (Lipinski definition) is 2. The van der Waals surface area contributed by atoms with Gasteiger partial charge in [0.05, 0.1) is 6.61 Å². The Kier molecular flexibility index (Phi) is 4.57. The van der Waals surface area contributed by atoms with Crippen molar-refractivity contribution >= 4 is 21.6 Å². The molecule has 0 spiro atoms. The summed E-state index contributed by atoms with van der Waals surface area (Å²) >= 11 is 3.37. The minimum absolute atomic E-state index is 0.146. The van der Waals surface area contributed by atoms with Gasteiger partial charge in [0, 0.05) is 22.7 Å². The molecule has 15 heavy (non-hydrogen) atoms. The summed E-state index contributed by atoms with van der Waals surface area (Å²) in [6.07, 6.45) is 0. The van der Waals surface area contributed by atoms with Gasteiger partial charge in [-0.3, -0.25) is 4.90 Å². The van der Waals surface area contributed by atoms with E-state index in [-0.39, 0.29) is 12.6 Å². The Balaban J connectivity index is 2.72. The first-order valence-corrected chi connectivity index (χ1v) is 5.69. The van der Waals surface area contributed by atoms with Gasteiger partial charge in [-0.25, -0.2) is 0 Å². The Bertz CT molecular complexity index is 330. The van der Waals surface area contributed by atoms with Crippen molar-refractivity contribution in [3.8, 4) is 0 Å². The van der Waals surface area contributed by atoms with Gasteiger partial charge in [0.2, 0.25) is 0 Å². The molecule has 0 heterocycles. The van der Waals surface area contributed by atoms with E-state index in [9.17, 15) is 0 Å². The molecule has 0 aliphatic rings. The molecule has 1 aromatic carbocycles. The van der Waals surface area contributed by atoms with Gasteiger partial charge >= 0.3 is 0 Å². The molecular weight excluding hydrogens is 256 g/mol. The molecule has 0 aromatic heterocycles. The van der Waals surface area contributed by atoms with Crippen molar-refractivity contribution in [1.82, 2.24) is 4.90 Å². The smallest absolute Gasteiger partial charge is 0.0584 e. The summed E-state index contributed by atoms with van der Waals surface area (Å²) in [5, 5.41) is 9.02. The number of anilines is 1. The molecule has 0 bridgehead atoms. The number of rotatable bonds is 4. The molecule has 1 aromatic rings. The quantitative estimate of drug-likeness (QED) is 0.823. The molecule has 0 saturated heterocycles. The number of hydrogen-bond acceptors (Lipinski definition) is 3. The van der Waals surface area contributed by atoms with E-state index >= 15 is 0 Å². The van der Waals surface area contributed by atoms with E-state index < -0.39 is 0 Å². The van der Waals surface area contributed by atoms with Crippen molar-refractivity contribution in [1.29, 1.82) is 0 Å². The number of nitrogens with zero attached hydrogens (tertiary/aromatic N) is 1. The van der Waals surface area contributed by atoms with E-state index in [1.807, 2.05) is 32.2 Å². The van der Waals surface area contributed by atoms with Crippen LogP contribution in [0.15, 0.2) is 22.7 Å². The number of likely N-dealkylation sites (N-methyl/N-ethyl adjacent to an activating group) is 1. The highest BCUT2D eigenvalue weighted by atomic mass is 79.9. The number of nitrogen functional groups attached to an aromatic ring is 1. The van der Waals surface area contributed by atoms with Gasteiger partial charge in [-0.15, -0.1) is 0 Å². The lowest BCUT2D eigenvalue weighted by Gasteiger charge is -2.23. The Labute approximate surface area is 99.0 Å². The zero-order valence-electron chi connectivity index (χ0n) is 9.07. The van der Waals surface area contributed by atoms with Crippen molar-refractivity contribution in [3.05, 3.63) is 28.2 Å². The first-order valence-electron chi connectivity index (χ1n) is 4.89. The fourth-order valence-electron chi connectivity index (χ4n) is 1.27. The summed E-state index contributed by atoms with van der Waals surface area (Å²) in [5.74, 6) is 0. The van der Waals surface area contributed by atoms with Crippen LogP contribution >= 0.6 is 15.9 Å². The molecule has 0 saturated carbocycles. The Morgan fingerprint density at radius 1 is 1.53 bits per heavy atom. The predicted octanol–water partition coefficient (Wildman–Crippen LogP) is 1.84. The second-order valence-electron chi connectivity index (χ2n) is 3.79. The van der Waals surface area contributed by atoms with Gasteiger partial charge in [-0.2, -0.15) is 0 Å². The van der Waals surface area contributed by atoms with Gasteiger partial charge in [0.15, 0.2) is 0 Å². The molecule has 1 rings (SSSR count). The van der Waals surface area contributed by atoms with E-state index in [4.69, 9.17) is 10.8 Å². The van der Waals surface area contributed by atoms with E-state index in [1.165, 1.54) is 0 Å². The summed E-state index contributed by atoms with van der Waals surface area (Å²) in [6, 6.07) is 6.02. The highest BCUT2D eigenvalue weighted by molar-refractivity contribution is 9.10. The van der Waals surface area contributed by atoms with E-state index in [2.05, 4.69) is 20.8 Å². The van der Waals surface area contributed by atoms with Crippen LogP contribution in [-0.2, 0) is 6.54 Å². The molecule has 4 heteroatoms. The zero-order valence-corrected chi connectivity index (χ0v) is 10.7. The molecule has 0 aliphatic carbocycles. The number of aliphatic hydroxyl groups excluding tert-OH is 1. The largest absolute Gasteiger partial charge is 0.398 e. The van der Waals surface area contributed by atoms with Gasteiger partial charge in [0.25, 0.3) is 0 Å². The average molecular weight is 273 g/mol. The highest BCUT2D eigenvalue weighted by Crippen LogP contribution is 2.20. The maximum Gasteiger partial charge on any atom is 0.0584 e. The number of halogens is 1. The second-order valence-corrected chi connectivity index (χ2v) is 4.71. The Morgan fingerprint density at radius 2 is 2.20 bits per heavy atom. The lowest BCUT2D eigenvalue weighted by atomic mass is 10.1. The molecule has 3 nitrogen and oxygen atoms in total. The third-order valence-electron chi connectivity index (χ3n) is 2.54. The van der Waals surface area contributed by atoms with Crippen LogP contribution in [0.5, 0.6) is 0 Å². The standard InChI is InChI=1S/C11H17BrN2O/c1-8(7-15)14(2)6-9-3-4-10(12)5-11(9)13/h3-5,8,15H,6-7,13H2,1-2H3. The molecule has 0 fully saturated rings. The van der Waals surface area contributed by atoms with Crippen LogP contribution in [0.4, 0.5) is 5.69 Å². The van der Waals surface area contributed by atoms with Crippen LogP contribution in [0.1, 0.15) is 12.5 Å². The summed E-state index contributed by atoms with van der Waals surface area (Å²) < 4.78 is 0.988. The third kappa shape index (κ3) is 3.48. The lowest BCUT2D eigenvalue weighted by Crippen LogP contribution is -2.31. The fourth-order valence-corrected chi connectivity index (χ4v) is 1.65. The minimum Gasteiger partial charge on any atom is -0.398 e. The zero-order chi connectivity index (χ0) is 11.4. The molecule has 1 unspecified atom stereocenters. The van der Waals surface area contributed by atoms with E-state index in [0.29, 0.717) is 0 Å². The van der Waals surface area contributed by atoms with Crippen LogP contribution < -0.4 is 5.73 Å². The second kappa shape index (κ2) is 5.49. The normalized spacial score (nSPS) is 13.1. The predicted molar refractivity (Wildman–Crippen MR) is 66.6 cm³/mol. The average Bonchev–Trinajstić information content (AvgIpc) is 2.20. The summed E-state index contributed by atoms with van der Waals surface area (Å²) in [5.41, 5.74) is 7.76. The molecular formula is C11H17BrN2O. The van der Waals surface area contributed by atoms with Crippen LogP contribution in [0.25, 0.3) is 0 Å². The maximum atomic E-state index is 9.02. The van der Waals surface area contributed by atoms with Crippen molar-refractivity contribution in [2.75, 3.05) is 19.4 Å². The monoisotopic (exact) mass is 272 g/mol. The topological polar surface area (TPSA) is 49.5 Å². The number of aliphatic hydroxyl groups is 1. The van der Waals surface area contributed by atoms with Gasteiger partial charge in [0.1, 0.15) is 0 Å². The first-order chi connectivity index (χ1) is 7.04. The van der Waals surface area contributed by atoms with Crippen LogP contribution in [0, 0.1) is 0 Å². The maximum absolute atomic E-state index is 9.02. The SMILES string of the molecule is CC(CO)N(C)Cc1ccc(Br)cc1N. The number of nitrogens with two attached hydrogens (primary N) is 1. The van der Waals surface area contributed by atoms with Crippen LogP contribution in [0.2, 0.25) is 0 Å². The minimum atomic E-state index is 0.146. The van der Waals surface area contributed by atoms with Crippen molar-refractivity contribution in [3.63, 3.8) is 0 Å². The Morgan fingerprint density at radius 3 is 2.73 bits per heavy atom. The third-order valence-corrected chi connectivity index (χ3v) is 3.04. The van der Waals surface area contributed by atoms with Gasteiger partial charge in [-0.05, 0) is 31.7 Å². The molecule has 0 radical (unpaired) electrons. The number of benzene rings is 1.